The summed E-state index contributed by atoms with van der Waals surface area (Å²) in [6, 6.07) is 12.6. The molecule has 0 radical (unpaired) electrons. The highest BCUT2D eigenvalue weighted by Gasteiger charge is 2.35. The lowest BCUT2D eigenvalue weighted by Gasteiger charge is -2.26. The second-order valence-corrected chi connectivity index (χ2v) is 10.7. The van der Waals surface area contributed by atoms with E-state index in [9.17, 15) is 14.4 Å². The monoisotopic (exact) mass is 622 g/mol. The van der Waals surface area contributed by atoms with Crippen molar-refractivity contribution in [2.45, 2.75) is 19.9 Å². The van der Waals surface area contributed by atoms with Crippen LogP contribution in [0.3, 0.4) is 0 Å². The number of nitrogens with zero attached hydrogens (tertiary/aromatic N) is 2. The molecule has 43 heavy (non-hydrogen) atoms. The molecule has 0 saturated carbocycles. The molecule has 1 aliphatic rings. The Kier molecular flexibility index (Phi) is 8.56. The summed E-state index contributed by atoms with van der Waals surface area (Å²) in [6.45, 7) is 3.58. The zero-order valence-electron chi connectivity index (χ0n) is 23.9. The third kappa shape index (κ3) is 5.61. The van der Waals surface area contributed by atoms with Crippen LogP contribution in [0.5, 0.6) is 11.5 Å². The number of carbonyl (C=O) groups is 2. The van der Waals surface area contributed by atoms with Gasteiger partial charge in [0.05, 0.1) is 54.3 Å². The van der Waals surface area contributed by atoms with Crippen molar-refractivity contribution >= 4 is 41.0 Å². The predicted octanol–water partition coefficient (Wildman–Crippen LogP) is 4.52. The van der Waals surface area contributed by atoms with Crippen LogP contribution in [0.25, 0.3) is 17.4 Å². The molecule has 5 rings (SSSR count). The fraction of sp³-hybridized carbons (Fsp3) is 0.226. The molecule has 0 spiro atoms. The number of thiazole rings is 1. The normalized spacial score (nSPS) is 14.7. The zero-order valence-corrected chi connectivity index (χ0v) is 25.5. The number of rotatable bonds is 8. The summed E-state index contributed by atoms with van der Waals surface area (Å²) < 4.78 is 29.0. The second kappa shape index (κ2) is 12.3. The summed E-state index contributed by atoms with van der Waals surface area (Å²) in [7, 11) is 4.32. The molecule has 0 unspecified atom stereocenters. The number of furan rings is 1. The molecule has 3 heterocycles. The number of hydrogen-bond acceptors (Lipinski definition) is 10. The summed E-state index contributed by atoms with van der Waals surface area (Å²) in [5.41, 5.74) is 1.66. The number of methoxy groups -OCH3 is 3. The molecule has 1 atom stereocenters. The Morgan fingerprint density at radius 3 is 2.56 bits per heavy atom. The number of halogens is 1. The molecule has 1 aliphatic heterocycles. The summed E-state index contributed by atoms with van der Waals surface area (Å²) in [5.74, 6) is 0.697. The van der Waals surface area contributed by atoms with Crippen molar-refractivity contribution in [3.63, 3.8) is 0 Å². The zero-order chi connectivity index (χ0) is 30.8. The topological polar surface area (TPSA) is 119 Å². The summed E-state index contributed by atoms with van der Waals surface area (Å²) in [4.78, 5) is 44.2. The van der Waals surface area contributed by atoms with Crippen LogP contribution in [-0.4, -0.2) is 44.4 Å². The van der Waals surface area contributed by atoms with E-state index in [1.165, 1.54) is 25.9 Å². The van der Waals surface area contributed by atoms with Crippen LogP contribution in [-0.2, 0) is 14.3 Å². The van der Waals surface area contributed by atoms with E-state index < -0.39 is 18.0 Å². The average Bonchev–Trinajstić information content (AvgIpc) is 3.60. The second-order valence-electron chi connectivity index (χ2n) is 9.30. The number of benzene rings is 2. The molecular weight excluding hydrogens is 596 g/mol. The molecule has 0 aliphatic carbocycles. The van der Waals surface area contributed by atoms with E-state index in [1.54, 1.807) is 68.5 Å². The maximum absolute atomic E-state index is 14.0. The number of ether oxygens (including phenoxy) is 4. The van der Waals surface area contributed by atoms with E-state index in [0.29, 0.717) is 49.2 Å². The highest BCUT2D eigenvalue weighted by Crippen LogP contribution is 2.37. The molecule has 10 nitrogen and oxygen atoms in total. The lowest BCUT2D eigenvalue weighted by molar-refractivity contribution is -0.139. The van der Waals surface area contributed by atoms with Crippen molar-refractivity contribution in [3.8, 4) is 22.8 Å². The van der Waals surface area contributed by atoms with Crippen LogP contribution in [0, 0.1) is 0 Å². The fourth-order valence-electron chi connectivity index (χ4n) is 4.79. The molecule has 0 fully saturated rings. The van der Waals surface area contributed by atoms with Crippen LogP contribution in [0.2, 0.25) is 5.02 Å². The summed E-state index contributed by atoms with van der Waals surface area (Å²) in [5, 5.41) is 0.254. The minimum atomic E-state index is -0.865. The van der Waals surface area contributed by atoms with Crippen molar-refractivity contribution in [3.05, 3.63) is 101 Å². The molecule has 2 aromatic carbocycles. The molecule has 0 amide bonds. The van der Waals surface area contributed by atoms with E-state index in [1.807, 2.05) is 0 Å². The first kappa shape index (κ1) is 29.9. The van der Waals surface area contributed by atoms with E-state index in [0.717, 1.165) is 11.3 Å². The first-order valence-electron chi connectivity index (χ1n) is 13.1. The average molecular weight is 623 g/mol. The molecule has 12 heteroatoms. The Bertz CT molecular complexity index is 1950. The van der Waals surface area contributed by atoms with Gasteiger partial charge >= 0.3 is 11.9 Å². The lowest BCUT2D eigenvalue weighted by Crippen LogP contribution is -2.40. The molecular formula is C31H27ClN2O8S. The van der Waals surface area contributed by atoms with Gasteiger partial charge in [-0.2, -0.15) is 0 Å². The Morgan fingerprint density at radius 1 is 1.07 bits per heavy atom. The maximum atomic E-state index is 14.0. The predicted molar refractivity (Wildman–Crippen MR) is 160 cm³/mol. The van der Waals surface area contributed by atoms with Gasteiger partial charge in [0.2, 0.25) is 0 Å². The molecule has 4 aromatic rings. The van der Waals surface area contributed by atoms with Gasteiger partial charge in [-0.3, -0.25) is 9.36 Å². The SMILES string of the molecule is CCOC(=O)C1=C(C)N=c2s/c(=C\c3ccc(-c4ccc(Cl)c(C(=O)OC)c4)o3)c(=O)n2[C@H]1c1ccc(OC)cc1OC. The quantitative estimate of drug-likeness (QED) is 0.263. The van der Waals surface area contributed by atoms with Gasteiger partial charge in [0.1, 0.15) is 29.1 Å². The number of allylic oxidation sites excluding steroid dienone is 1. The van der Waals surface area contributed by atoms with Crippen molar-refractivity contribution in [1.29, 1.82) is 0 Å². The Labute approximate surface area is 255 Å². The van der Waals surface area contributed by atoms with Gasteiger partial charge in [-0.1, -0.05) is 22.9 Å². The van der Waals surface area contributed by atoms with Crippen LogP contribution < -0.4 is 24.4 Å². The van der Waals surface area contributed by atoms with Gasteiger partial charge in [0, 0.05) is 23.3 Å². The molecule has 222 valence electrons. The van der Waals surface area contributed by atoms with Gasteiger partial charge in [-0.15, -0.1) is 0 Å². The van der Waals surface area contributed by atoms with Gasteiger partial charge in [0.15, 0.2) is 4.80 Å². The summed E-state index contributed by atoms with van der Waals surface area (Å²) >= 11 is 7.32. The molecule has 0 saturated heterocycles. The fourth-order valence-corrected chi connectivity index (χ4v) is 6.01. The van der Waals surface area contributed by atoms with Gasteiger partial charge < -0.3 is 23.4 Å². The Balaban J connectivity index is 1.63. The highest BCUT2D eigenvalue weighted by molar-refractivity contribution is 7.07. The number of carbonyl (C=O) groups excluding carboxylic acids is 2. The maximum Gasteiger partial charge on any atom is 0.339 e. The van der Waals surface area contributed by atoms with Crippen LogP contribution in [0.15, 0.2) is 74.0 Å². The van der Waals surface area contributed by atoms with Gasteiger partial charge in [-0.05, 0) is 56.3 Å². The Morgan fingerprint density at radius 2 is 1.86 bits per heavy atom. The summed E-state index contributed by atoms with van der Waals surface area (Å²) in [6.07, 6.45) is 1.61. The van der Waals surface area contributed by atoms with Crippen molar-refractivity contribution < 1.29 is 33.0 Å². The third-order valence-corrected chi connectivity index (χ3v) is 8.12. The van der Waals surface area contributed by atoms with Crippen LogP contribution in [0.1, 0.15) is 41.6 Å². The lowest BCUT2D eigenvalue weighted by atomic mass is 9.95. The largest absolute Gasteiger partial charge is 0.497 e. The molecule has 0 bridgehead atoms. The third-order valence-electron chi connectivity index (χ3n) is 6.81. The van der Waals surface area contributed by atoms with Crippen molar-refractivity contribution in [2.24, 2.45) is 4.99 Å². The Hall–Kier alpha value is -4.61. The standard InChI is InChI=1S/C31H27ClN2O8S/c1-6-41-30(37)26-16(2)33-31-34(27(26)20-10-8-18(38-3)14-24(20)39-4)28(35)25(43-31)15-19-9-12-23(42-19)17-7-11-22(32)21(13-17)29(36)40-5/h7-15,27H,6H2,1-5H3/b25-15-/t27-/m0/s1. The van der Waals surface area contributed by atoms with Gasteiger partial charge in [0.25, 0.3) is 5.56 Å². The number of aromatic nitrogens is 1. The van der Waals surface area contributed by atoms with E-state index in [-0.39, 0.29) is 28.3 Å². The minimum absolute atomic E-state index is 0.155. The van der Waals surface area contributed by atoms with Crippen molar-refractivity contribution in [1.82, 2.24) is 4.57 Å². The first-order chi connectivity index (χ1) is 20.7. The van der Waals surface area contributed by atoms with E-state index >= 15 is 0 Å². The minimum Gasteiger partial charge on any atom is -0.497 e. The first-order valence-corrected chi connectivity index (χ1v) is 14.3. The van der Waals surface area contributed by atoms with Crippen molar-refractivity contribution in [2.75, 3.05) is 27.9 Å². The number of hydrogen-bond donors (Lipinski definition) is 0. The van der Waals surface area contributed by atoms with Gasteiger partial charge in [-0.25, -0.2) is 14.6 Å². The number of fused-ring (bicyclic) bond motifs is 1. The number of esters is 2. The highest BCUT2D eigenvalue weighted by atomic mass is 35.5. The molecule has 0 N–H and O–H groups in total. The van der Waals surface area contributed by atoms with E-state index in [4.69, 9.17) is 35.0 Å². The van der Waals surface area contributed by atoms with E-state index in [2.05, 4.69) is 4.99 Å². The smallest absolute Gasteiger partial charge is 0.339 e. The van der Waals surface area contributed by atoms with Crippen LogP contribution >= 0.6 is 22.9 Å². The van der Waals surface area contributed by atoms with Crippen LogP contribution in [0.4, 0.5) is 0 Å². The molecule has 2 aromatic heterocycles.